The maximum Gasteiger partial charge on any atom is -0.00441 e. The quantitative estimate of drug-likeness (QED) is 0.401. The molecule has 0 bridgehead atoms. The topological polar surface area (TPSA) is 0 Å². The smallest absolute Gasteiger partial charge is 0.00441 e. The zero-order chi connectivity index (χ0) is 15.7. The van der Waals surface area contributed by atoms with Gasteiger partial charge in [0.25, 0.3) is 0 Å². The van der Waals surface area contributed by atoms with E-state index in [4.69, 9.17) is 0 Å². The highest BCUT2D eigenvalue weighted by atomic mass is 14.4. The molecule has 0 heteroatoms. The highest BCUT2D eigenvalue weighted by Gasteiger charge is 2.35. The van der Waals surface area contributed by atoms with Crippen LogP contribution in [0.5, 0.6) is 0 Å². The fourth-order valence-electron chi connectivity index (χ4n) is 4.43. The van der Waals surface area contributed by atoms with Crippen molar-refractivity contribution in [2.75, 3.05) is 0 Å². The summed E-state index contributed by atoms with van der Waals surface area (Å²) in [5, 5.41) is 0. The van der Waals surface area contributed by atoms with Crippen LogP contribution in [0.15, 0.2) is 24.3 Å². The van der Waals surface area contributed by atoms with Crippen molar-refractivity contribution in [3.63, 3.8) is 0 Å². The van der Waals surface area contributed by atoms with Crippen LogP contribution in [0, 0.1) is 0 Å². The number of fused-ring (bicyclic) bond motifs is 1. The van der Waals surface area contributed by atoms with Crippen LogP contribution in [0.2, 0.25) is 0 Å². The zero-order valence-corrected chi connectivity index (χ0v) is 15.0. The van der Waals surface area contributed by atoms with E-state index in [-0.39, 0.29) is 0 Å². The molecule has 0 saturated carbocycles. The van der Waals surface area contributed by atoms with E-state index in [0.717, 1.165) is 0 Å². The first kappa shape index (κ1) is 17.6. The number of hydrogen-bond acceptors (Lipinski definition) is 0. The summed E-state index contributed by atoms with van der Waals surface area (Å²) >= 11 is 0. The zero-order valence-electron chi connectivity index (χ0n) is 15.0. The van der Waals surface area contributed by atoms with Crippen LogP contribution in [-0.4, -0.2) is 0 Å². The van der Waals surface area contributed by atoms with Gasteiger partial charge in [0.2, 0.25) is 0 Å². The van der Waals surface area contributed by atoms with E-state index in [1.165, 1.54) is 83.5 Å². The second-order valence-corrected chi connectivity index (χ2v) is 7.41. The molecular formula is C22H36. The van der Waals surface area contributed by atoms with Crippen LogP contribution in [0.1, 0.15) is 102 Å². The highest BCUT2D eigenvalue weighted by Crippen LogP contribution is 2.45. The van der Waals surface area contributed by atoms with Crippen LogP contribution < -0.4 is 0 Å². The van der Waals surface area contributed by atoms with Crippen LogP contribution in [0.25, 0.3) is 0 Å². The summed E-state index contributed by atoms with van der Waals surface area (Å²) in [4.78, 5) is 0. The molecule has 0 heterocycles. The van der Waals surface area contributed by atoms with Crippen molar-refractivity contribution < 1.29 is 0 Å². The molecule has 0 amide bonds. The van der Waals surface area contributed by atoms with Crippen molar-refractivity contribution in [1.29, 1.82) is 0 Å². The van der Waals surface area contributed by atoms with E-state index < -0.39 is 0 Å². The van der Waals surface area contributed by atoms with Gasteiger partial charge in [0.1, 0.15) is 0 Å². The molecule has 0 atom stereocenters. The minimum Gasteiger partial charge on any atom is -0.0654 e. The van der Waals surface area contributed by atoms with Gasteiger partial charge in [0, 0.05) is 0 Å². The number of unbranched alkanes of at least 4 members (excludes halogenated alkanes) is 6. The Morgan fingerprint density at radius 1 is 0.818 bits per heavy atom. The van der Waals surface area contributed by atoms with Crippen molar-refractivity contribution >= 4 is 0 Å². The first-order valence-corrected chi connectivity index (χ1v) is 9.91. The van der Waals surface area contributed by atoms with Gasteiger partial charge in [-0.2, -0.15) is 0 Å². The van der Waals surface area contributed by atoms with Gasteiger partial charge in [-0.1, -0.05) is 89.5 Å². The third kappa shape index (κ3) is 4.61. The normalized spacial score (nSPS) is 16.5. The van der Waals surface area contributed by atoms with Gasteiger partial charge in [0.05, 0.1) is 0 Å². The Balaban J connectivity index is 2.07. The Labute approximate surface area is 138 Å². The maximum atomic E-state index is 2.45. The molecule has 0 nitrogen and oxygen atoms in total. The lowest BCUT2D eigenvalue weighted by molar-refractivity contribution is 0.289. The lowest BCUT2D eigenvalue weighted by Gasteiger charge is -2.40. The molecule has 0 N–H and O–H groups in total. The van der Waals surface area contributed by atoms with Gasteiger partial charge in [-0.15, -0.1) is 0 Å². The van der Waals surface area contributed by atoms with E-state index in [1.54, 1.807) is 11.1 Å². The predicted molar refractivity (Wildman–Crippen MR) is 98.6 cm³/mol. The second-order valence-electron chi connectivity index (χ2n) is 7.41. The summed E-state index contributed by atoms with van der Waals surface area (Å²) in [7, 11) is 0. The largest absolute Gasteiger partial charge is 0.0654 e. The minimum absolute atomic E-state index is 0.510. The van der Waals surface area contributed by atoms with Crippen molar-refractivity contribution in [2.45, 2.75) is 103 Å². The average Bonchev–Trinajstić information content (AvgIpc) is 2.56. The Hall–Kier alpha value is -0.780. The third-order valence-corrected chi connectivity index (χ3v) is 5.71. The van der Waals surface area contributed by atoms with Crippen molar-refractivity contribution in [2.24, 2.45) is 0 Å². The molecule has 0 fully saturated rings. The summed E-state index contributed by atoms with van der Waals surface area (Å²) in [6.07, 6.45) is 18.2. The molecule has 0 radical (unpaired) electrons. The molecule has 2 rings (SSSR count). The van der Waals surface area contributed by atoms with Crippen molar-refractivity contribution in [1.82, 2.24) is 0 Å². The van der Waals surface area contributed by atoms with Crippen LogP contribution in [-0.2, 0) is 11.8 Å². The Morgan fingerprint density at radius 3 is 2.09 bits per heavy atom. The maximum absolute atomic E-state index is 2.45. The molecule has 1 aliphatic carbocycles. The predicted octanol–water partition coefficient (Wildman–Crippen LogP) is 7.20. The van der Waals surface area contributed by atoms with Gasteiger partial charge < -0.3 is 0 Å². The first-order chi connectivity index (χ1) is 10.8. The second kappa shape index (κ2) is 9.38. The number of rotatable bonds is 10. The molecule has 1 aliphatic rings. The van der Waals surface area contributed by atoms with E-state index in [1.807, 2.05) is 0 Å². The minimum atomic E-state index is 0.510. The third-order valence-electron chi connectivity index (χ3n) is 5.71. The number of hydrogen-bond donors (Lipinski definition) is 0. The number of aryl methyl sites for hydroxylation is 1. The Bertz CT molecular complexity index is 406. The molecule has 1 aromatic rings. The van der Waals surface area contributed by atoms with Gasteiger partial charge >= 0.3 is 0 Å². The SMILES string of the molecule is CCCCCCC1(CCCCCC)CCCc2ccccc21. The molecule has 1 aromatic carbocycles. The lowest BCUT2D eigenvalue weighted by Crippen LogP contribution is -2.31. The molecule has 22 heavy (non-hydrogen) atoms. The number of benzene rings is 1. The Morgan fingerprint density at radius 2 is 1.45 bits per heavy atom. The van der Waals surface area contributed by atoms with E-state index in [9.17, 15) is 0 Å². The van der Waals surface area contributed by atoms with Gasteiger partial charge in [0.15, 0.2) is 0 Å². The Kier molecular flexibility index (Phi) is 7.49. The molecule has 0 saturated heterocycles. The molecule has 124 valence electrons. The summed E-state index contributed by atoms with van der Waals surface area (Å²) in [5.41, 5.74) is 3.88. The summed E-state index contributed by atoms with van der Waals surface area (Å²) in [5.74, 6) is 0. The summed E-state index contributed by atoms with van der Waals surface area (Å²) < 4.78 is 0. The molecule has 0 spiro atoms. The van der Waals surface area contributed by atoms with E-state index >= 15 is 0 Å². The molecule has 0 aromatic heterocycles. The molecule has 0 aliphatic heterocycles. The molecule has 0 unspecified atom stereocenters. The van der Waals surface area contributed by atoms with Gasteiger partial charge in [-0.3, -0.25) is 0 Å². The van der Waals surface area contributed by atoms with Crippen LogP contribution in [0.3, 0.4) is 0 Å². The summed E-state index contributed by atoms with van der Waals surface area (Å²) in [6.45, 7) is 4.63. The fourth-order valence-corrected chi connectivity index (χ4v) is 4.43. The van der Waals surface area contributed by atoms with Gasteiger partial charge in [-0.05, 0) is 48.6 Å². The monoisotopic (exact) mass is 300 g/mol. The van der Waals surface area contributed by atoms with E-state index in [0.29, 0.717) is 5.41 Å². The van der Waals surface area contributed by atoms with Crippen molar-refractivity contribution in [3.8, 4) is 0 Å². The van der Waals surface area contributed by atoms with E-state index in [2.05, 4.69) is 38.1 Å². The molecular weight excluding hydrogens is 264 g/mol. The first-order valence-electron chi connectivity index (χ1n) is 9.91. The summed E-state index contributed by atoms with van der Waals surface area (Å²) in [6, 6.07) is 9.36. The lowest BCUT2D eigenvalue weighted by atomic mass is 9.64. The standard InChI is InChI=1S/C22H36/c1-3-5-7-11-17-22(18-12-8-6-4-2)19-13-15-20-14-9-10-16-21(20)22/h9-10,14,16H,3-8,11-13,15,17-19H2,1-2H3. The average molecular weight is 301 g/mol. The fraction of sp³-hybridized carbons (Fsp3) is 0.727. The highest BCUT2D eigenvalue weighted by molar-refractivity contribution is 5.36. The van der Waals surface area contributed by atoms with Gasteiger partial charge in [-0.25, -0.2) is 0 Å². The van der Waals surface area contributed by atoms with Crippen LogP contribution >= 0.6 is 0 Å². The van der Waals surface area contributed by atoms with Crippen LogP contribution in [0.4, 0.5) is 0 Å². The van der Waals surface area contributed by atoms with Crippen molar-refractivity contribution in [3.05, 3.63) is 35.4 Å².